The topological polar surface area (TPSA) is 26.8 Å². The van der Waals surface area contributed by atoms with Crippen molar-refractivity contribution in [2.45, 2.75) is 52.1 Å². The number of hydrogen-bond acceptors (Lipinski definition) is 3. The normalized spacial score (nSPS) is 23.1. The molecule has 2 unspecified atom stereocenters. The van der Waals surface area contributed by atoms with Crippen LogP contribution in [0.2, 0.25) is 5.02 Å². The Bertz CT molecular complexity index is 672. The molecule has 2 saturated heterocycles. The molecule has 4 nitrogen and oxygen atoms in total. The molecule has 2 fully saturated rings. The van der Waals surface area contributed by atoms with Crippen LogP contribution in [-0.2, 0) is 11.3 Å². The van der Waals surface area contributed by atoms with E-state index in [4.69, 9.17) is 11.6 Å². The first-order valence-corrected chi connectivity index (χ1v) is 11.4. The Labute approximate surface area is 180 Å². The van der Waals surface area contributed by atoms with Crippen molar-refractivity contribution in [2.75, 3.05) is 39.8 Å². The van der Waals surface area contributed by atoms with E-state index in [1.165, 1.54) is 38.4 Å². The summed E-state index contributed by atoms with van der Waals surface area (Å²) in [5.74, 6) is 1.14. The molecule has 162 valence electrons. The maximum Gasteiger partial charge on any atom is 0.239 e. The largest absolute Gasteiger partial charge is 0.340 e. The second-order valence-corrected chi connectivity index (χ2v) is 9.46. The van der Waals surface area contributed by atoms with Crippen LogP contribution in [0.15, 0.2) is 18.2 Å². The number of benzene rings is 1. The van der Waals surface area contributed by atoms with Gasteiger partial charge >= 0.3 is 0 Å². The van der Waals surface area contributed by atoms with Gasteiger partial charge in [-0.2, -0.15) is 0 Å². The highest BCUT2D eigenvalue weighted by atomic mass is 35.5. The van der Waals surface area contributed by atoms with Gasteiger partial charge in [0.15, 0.2) is 0 Å². The lowest BCUT2D eigenvalue weighted by Crippen LogP contribution is -2.51. The van der Waals surface area contributed by atoms with Crippen molar-refractivity contribution in [3.8, 4) is 0 Å². The molecule has 3 rings (SSSR count). The minimum absolute atomic E-state index is 0.0248. The number of nitrogens with zero attached hydrogens (tertiary/aromatic N) is 3. The number of carbonyl (C=O) groups is 1. The molecule has 0 spiro atoms. The van der Waals surface area contributed by atoms with Gasteiger partial charge in [0.25, 0.3) is 0 Å². The molecule has 2 atom stereocenters. The van der Waals surface area contributed by atoms with E-state index >= 15 is 0 Å². The summed E-state index contributed by atoms with van der Waals surface area (Å²) in [6.07, 6.45) is 4.98. The molecular weight excluding hydrogens is 389 g/mol. The number of likely N-dealkylation sites (tertiary alicyclic amines) is 2. The fourth-order valence-electron chi connectivity index (χ4n) is 4.68. The average molecular weight is 424 g/mol. The Morgan fingerprint density at radius 1 is 1.28 bits per heavy atom. The zero-order chi connectivity index (χ0) is 21.0. The Morgan fingerprint density at radius 2 is 2.00 bits per heavy atom. The molecule has 29 heavy (non-hydrogen) atoms. The van der Waals surface area contributed by atoms with E-state index in [1.807, 2.05) is 6.92 Å². The van der Waals surface area contributed by atoms with Crippen LogP contribution in [0.5, 0.6) is 0 Å². The van der Waals surface area contributed by atoms with Crippen molar-refractivity contribution in [2.24, 2.45) is 11.8 Å². The summed E-state index contributed by atoms with van der Waals surface area (Å²) < 4.78 is 14.1. The average Bonchev–Trinajstić information content (AvgIpc) is 2.71. The fourth-order valence-corrected chi connectivity index (χ4v) is 4.90. The van der Waals surface area contributed by atoms with E-state index in [1.54, 1.807) is 24.1 Å². The fraction of sp³-hybridized carbons (Fsp3) is 0.696. The van der Waals surface area contributed by atoms with Gasteiger partial charge in [-0.15, -0.1) is 0 Å². The SMILES string of the molecule is CC1CCN(CC2CCCN(C(C)C(=O)N(C)Cc3c(F)cccc3Cl)C2)CC1. The molecule has 0 radical (unpaired) electrons. The van der Waals surface area contributed by atoms with Crippen LogP contribution in [0.25, 0.3) is 0 Å². The minimum atomic E-state index is -0.362. The van der Waals surface area contributed by atoms with Crippen LogP contribution in [0.1, 0.15) is 45.1 Å². The van der Waals surface area contributed by atoms with Crippen molar-refractivity contribution < 1.29 is 9.18 Å². The van der Waals surface area contributed by atoms with Crippen LogP contribution in [0.4, 0.5) is 4.39 Å². The standard InChI is InChI=1S/C23H35ClFN3O/c1-17-9-12-27(13-10-17)14-19-6-5-11-28(15-19)18(2)23(29)26(3)16-20-21(24)7-4-8-22(20)25/h4,7-8,17-19H,5-6,9-16H2,1-3H3. The van der Waals surface area contributed by atoms with Crippen LogP contribution in [-0.4, -0.2) is 66.4 Å². The van der Waals surface area contributed by atoms with Crippen molar-refractivity contribution >= 4 is 17.5 Å². The lowest BCUT2D eigenvalue weighted by atomic mass is 9.93. The molecule has 0 saturated carbocycles. The van der Waals surface area contributed by atoms with Crippen LogP contribution in [0, 0.1) is 17.7 Å². The number of rotatable bonds is 6. The molecule has 0 bridgehead atoms. The maximum absolute atomic E-state index is 14.1. The van der Waals surface area contributed by atoms with Gasteiger partial charge in [0.1, 0.15) is 5.82 Å². The first kappa shape index (κ1) is 22.5. The monoisotopic (exact) mass is 423 g/mol. The second-order valence-electron chi connectivity index (χ2n) is 9.06. The molecule has 1 aromatic rings. The van der Waals surface area contributed by atoms with E-state index in [2.05, 4.69) is 16.7 Å². The lowest BCUT2D eigenvalue weighted by Gasteiger charge is -2.40. The Kier molecular flexibility index (Phi) is 7.94. The predicted molar refractivity (Wildman–Crippen MR) is 116 cm³/mol. The summed E-state index contributed by atoms with van der Waals surface area (Å²) >= 11 is 6.13. The molecule has 1 amide bonds. The molecule has 0 N–H and O–H groups in total. The minimum Gasteiger partial charge on any atom is -0.340 e. The molecular formula is C23H35ClFN3O. The number of amides is 1. The molecule has 0 aromatic heterocycles. The van der Waals surface area contributed by atoms with Gasteiger partial charge in [-0.25, -0.2) is 4.39 Å². The van der Waals surface area contributed by atoms with Crippen molar-refractivity contribution in [1.29, 1.82) is 0 Å². The van der Waals surface area contributed by atoms with Crippen molar-refractivity contribution in [3.63, 3.8) is 0 Å². The predicted octanol–water partition coefficient (Wildman–Crippen LogP) is 4.27. The highest BCUT2D eigenvalue weighted by Crippen LogP contribution is 2.24. The molecule has 2 aliphatic rings. The maximum atomic E-state index is 14.1. The van der Waals surface area contributed by atoms with Gasteiger partial charge in [0.2, 0.25) is 5.91 Å². The Hall–Kier alpha value is -1.17. The third-order valence-electron chi connectivity index (χ3n) is 6.68. The summed E-state index contributed by atoms with van der Waals surface area (Å²) in [6, 6.07) is 4.44. The van der Waals surface area contributed by atoms with E-state index in [9.17, 15) is 9.18 Å². The lowest BCUT2D eigenvalue weighted by molar-refractivity contribution is -0.136. The first-order valence-electron chi connectivity index (χ1n) is 11.0. The summed E-state index contributed by atoms with van der Waals surface area (Å²) in [6.45, 7) is 9.99. The first-order chi connectivity index (χ1) is 13.8. The van der Waals surface area contributed by atoms with E-state index < -0.39 is 0 Å². The third-order valence-corrected chi connectivity index (χ3v) is 7.04. The summed E-state index contributed by atoms with van der Waals surface area (Å²) in [5, 5.41) is 0.367. The Balaban J connectivity index is 1.54. The molecule has 2 heterocycles. The third kappa shape index (κ3) is 5.93. The number of piperidine rings is 2. The number of halogens is 2. The van der Waals surface area contributed by atoms with Crippen molar-refractivity contribution in [1.82, 2.24) is 14.7 Å². The number of likely N-dealkylation sites (N-methyl/N-ethyl adjacent to an activating group) is 1. The smallest absolute Gasteiger partial charge is 0.239 e. The van der Waals surface area contributed by atoms with Crippen LogP contribution < -0.4 is 0 Å². The van der Waals surface area contributed by atoms with Crippen molar-refractivity contribution in [3.05, 3.63) is 34.6 Å². The quantitative estimate of drug-likeness (QED) is 0.683. The van der Waals surface area contributed by atoms with Gasteiger partial charge in [-0.3, -0.25) is 9.69 Å². The molecule has 0 aliphatic carbocycles. The summed E-state index contributed by atoms with van der Waals surface area (Å²) in [4.78, 5) is 19.5. The van der Waals surface area contributed by atoms with Gasteiger partial charge < -0.3 is 9.80 Å². The van der Waals surface area contributed by atoms with E-state index in [-0.39, 0.29) is 24.3 Å². The van der Waals surface area contributed by atoms with Gasteiger partial charge in [0, 0.05) is 37.3 Å². The van der Waals surface area contributed by atoms with E-state index in [0.717, 1.165) is 32.0 Å². The molecule has 1 aromatic carbocycles. The number of carbonyl (C=O) groups excluding carboxylic acids is 1. The highest BCUT2D eigenvalue weighted by molar-refractivity contribution is 6.31. The van der Waals surface area contributed by atoms with E-state index in [0.29, 0.717) is 16.5 Å². The second kappa shape index (κ2) is 10.2. The zero-order valence-electron chi connectivity index (χ0n) is 18.0. The Morgan fingerprint density at radius 3 is 2.69 bits per heavy atom. The van der Waals surface area contributed by atoms with Gasteiger partial charge in [-0.1, -0.05) is 24.6 Å². The molecule has 2 aliphatic heterocycles. The van der Waals surface area contributed by atoms with Gasteiger partial charge in [-0.05, 0) is 76.2 Å². The molecule has 6 heteroatoms. The van der Waals surface area contributed by atoms with Crippen LogP contribution in [0.3, 0.4) is 0 Å². The summed E-state index contributed by atoms with van der Waals surface area (Å²) in [7, 11) is 1.73. The highest BCUT2D eigenvalue weighted by Gasteiger charge is 2.30. The number of hydrogen-bond donors (Lipinski definition) is 0. The van der Waals surface area contributed by atoms with Gasteiger partial charge in [0.05, 0.1) is 6.04 Å². The summed E-state index contributed by atoms with van der Waals surface area (Å²) in [5.41, 5.74) is 0.382. The zero-order valence-corrected chi connectivity index (χ0v) is 18.8. The van der Waals surface area contributed by atoms with Crippen LogP contribution >= 0.6 is 11.6 Å².